The Balaban J connectivity index is 2.09. The van der Waals surface area contributed by atoms with Crippen molar-refractivity contribution in [3.05, 3.63) is 28.2 Å². The molecule has 0 amide bonds. The Hall–Kier alpha value is -0.330. The summed E-state index contributed by atoms with van der Waals surface area (Å²) in [5.41, 5.74) is -0.971. The first kappa shape index (κ1) is 17.0. The highest BCUT2D eigenvalue weighted by Crippen LogP contribution is 2.32. The van der Waals surface area contributed by atoms with E-state index in [4.69, 9.17) is 23.2 Å². The normalized spacial score (nSPS) is 26.8. The van der Waals surface area contributed by atoms with E-state index in [1.54, 1.807) is 0 Å². The van der Waals surface area contributed by atoms with Gasteiger partial charge in [0.15, 0.2) is 0 Å². The van der Waals surface area contributed by atoms with E-state index in [2.05, 4.69) is 11.6 Å². The summed E-state index contributed by atoms with van der Waals surface area (Å²) in [7, 11) is -3.71. The van der Waals surface area contributed by atoms with Gasteiger partial charge >= 0.3 is 0 Å². The van der Waals surface area contributed by atoms with Crippen molar-refractivity contribution in [3.8, 4) is 0 Å². The van der Waals surface area contributed by atoms with Gasteiger partial charge in [-0.05, 0) is 37.0 Å². The Morgan fingerprint density at radius 2 is 2.10 bits per heavy atom. The fourth-order valence-corrected chi connectivity index (χ4v) is 4.26. The molecule has 0 saturated heterocycles. The average Bonchev–Trinajstić information content (AvgIpc) is 2.40. The first-order valence-electron chi connectivity index (χ1n) is 6.89. The second-order valence-corrected chi connectivity index (χ2v) is 8.41. The van der Waals surface area contributed by atoms with Crippen molar-refractivity contribution in [2.75, 3.05) is 6.54 Å². The Labute approximate surface area is 135 Å². The number of rotatable bonds is 4. The van der Waals surface area contributed by atoms with Crippen LogP contribution in [0.4, 0.5) is 0 Å². The zero-order valence-corrected chi connectivity index (χ0v) is 14.1. The minimum Gasteiger partial charge on any atom is -0.389 e. The number of sulfonamides is 1. The molecule has 0 spiro atoms. The van der Waals surface area contributed by atoms with E-state index >= 15 is 0 Å². The molecule has 2 N–H and O–H groups in total. The van der Waals surface area contributed by atoms with Gasteiger partial charge in [-0.1, -0.05) is 43.0 Å². The van der Waals surface area contributed by atoms with E-state index in [0.29, 0.717) is 23.8 Å². The van der Waals surface area contributed by atoms with Crippen molar-refractivity contribution >= 4 is 33.2 Å². The van der Waals surface area contributed by atoms with E-state index < -0.39 is 15.6 Å². The molecule has 2 atom stereocenters. The molecule has 7 heteroatoms. The third kappa shape index (κ3) is 4.33. The molecular weight excluding hydrogens is 333 g/mol. The summed E-state index contributed by atoms with van der Waals surface area (Å²) in [5, 5.41) is 11.0. The maximum absolute atomic E-state index is 12.2. The molecule has 1 fully saturated rings. The largest absolute Gasteiger partial charge is 0.389 e. The van der Waals surface area contributed by atoms with Gasteiger partial charge in [0.25, 0.3) is 0 Å². The molecule has 118 valence electrons. The van der Waals surface area contributed by atoms with Gasteiger partial charge in [-0.3, -0.25) is 0 Å². The van der Waals surface area contributed by atoms with Gasteiger partial charge in [0, 0.05) is 6.54 Å². The fourth-order valence-electron chi connectivity index (χ4n) is 2.75. The lowest BCUT2D eigenvalue weighted by atomic mass is 9.79. The molecule has 1 saturated carbocycles. The maximum atomic E-state index is 12.2. The second kappa shape index (κ2) is 6.42. The monoisotopic (exact) mass is 351 g/mol. The Kier molecular flexibility index (Phi) is 5.21. The minimum atomic E-state index is -3.71. The van der Waals surface area contributed by atoms with E-state index in [9.17, 15) is 13.5 Å². The van der Waals surface area contributed by atoms with Crippen LogP contribution < -0.4 is 4.72 Å². The summed E-state index contributed by atoms with van der Waals surface area (Å²) >= 11 is 11.6. The highest BCUT2D eigenvalue weighted by atomic mass is 35.5. The SMILES string of the molecule is CC1CCCC(O)(CNS(=O)(=O)c2ccc(Cl)c(Cl)c2)C1. The quantitative estimate of drug-likeness (QED) is 0.874. The minimum absolute atomic E-state index is 0.0138. The first-order chi connectivity index (χ1) is 9.72. The van der Waals surface area contributed by atoms with Gasteiger partial charge in [0.1, 0.15) is 0 Å². The molecule has 0 bridgehead atoms. The predicted molar refractivity (Wildman–Crippen MR) is 84.2 cm³/mol. The van der Waals surface area contributed by atoms with Gasteiger partial charge < -0.3 is 5.11 Å². The number of benzene rings is 1. The molecule has 4 nitrogen and oxygen atoms in total. The number of nitrogens with one attached hydrogen (secondary N) is 1. The van der Waals surface area contributed by atoms with Gasteiger partial charge in [0.05, 0.1) is 20.5 Å². The zero-order chi connectivity index (χ0) is 15.7. The number of hydrogen-bond donors (Lipinski definition) is 2. The Morgan fingerprint density at radius 3 is 2.71 bits per heavy atom. The molecule has 1 aromatic rings. The van der Waals surface area contributed by atoms with E-state index in [1.165, 1.54) is 18.2 Å². The summed E-state index contributed by atoms with van der Waals surface area (Å²) in [6.07, 6.45) is 3.20. The van der Waals surface area contributed by atoms with E-state index in [-0.39, 0.29) is 16.5 Å². The van der Waals surface area contributed by atoms with Crippen LogP contribution in [0, 0.1) is 5.92 Å². The van der Waals surface area contributed by atoms with Crippen LogP contribution >= 0.6 is 23.2 Å². The molecule has 0 aromatic heterocycles. The second-order valence-electron chi connectivity index (χ2n) is 5.83. The first-order valence-corrected chi connectivity index (χ1v) is 9.13. The number of aliphatic hydroxyl groups is 1. The summed E-state index contributed by atoms with van der Waals surface area (Å²) in [4.78, 5) is 0.0457. The van der Waals surface area contributed by atoms with Crippen LogP contribution in [0.1, 0.15) is 32.6 Å². The average molecular weight is 352 g/mol. The number of halogens is 2. The summed E-state index contributed by atoms with van der Waals surface area (Å²) in [6, 6.07) is 4.14. The highest BCUT2D eigenvalue weighted by molar-refractivity contribution is 7.89. The predicted octanol–water partition coefficient (Wildman–Crippen LogP) is 3.21. The Bertz CT molecular complexity index is 621. The van der Waals surface area contributed by atoms with Crippen molar-refractivity contribution in [2.45, 2.75) is 43.1 Å². The molecule has 1 aliphatic carbocycles. The molecule has 0 radical (unpaired) electrons. The van der Waals surface area contributed by atoms with Crippen LogP contribution in [0.2, 0.25) is 10.0 Å². The van der Waals surface area contributed by atoms with Crippen molar-refractivity contribution in [1.29, 1.82) is 0 Å². The van der Waals surface area contributed by atoms with Crippen LogP contribution in [-0.4, -0.2) is 25.7 Å². The lowest BCUT2D eigenvalue weighted by Gasteiger charge is -2.35. The third-order valence-electron chi connectivity index (χ3n) is 3.86. The topological polar surface area (TPSA) is 66.4 Å². The maximum Gasteiger partial charge on any atom is 0.240 e. The van der Waals surface area contributed by atoms with E-state index in [0.717, 1.165) is 12.8 Å². The number of hydrogen-bond acceptors (Lipinski definition) is 3. The molecule has 0 heterocycles. The Morgan fingerprint density at radius 1 is 1.38 bits per heavy atom. The van der Waals surface area contributed by atoms with Crippen molar-refractivity contribution < 1.29 is 13.5 Å². The summed E-state index contributed by atoms with van der Waals surface area (Å²) in [6.45, 7) is 2.08. The molecule has 1 aliphatic rings. The molecule has 2 rings (SSSR count). The summed E-state index contributed by atoms with van der Waals surface area (Å²) in [5.74, 6) is 0.401. The highest BCUT2D eigenvalue weighted by Gasteiger charge is 2.33. The van der Waals surface area contributed by atoms with Crippen molar-refractivity contribution in [1.82, 2.24) is 4.72 Å². The van der Waals surface area contributed by atoms with Crippen molar-refractivity contribution in [2.24, 2.45) is 5.92 Å². The van der Waals surface area contributed by atoms with Crippen LogP contribution in [0.3, 0.4) is 0 Å². The standard InChI is InChI=1S/C14H19Cl2NO3S/c1-10-3-2-6-14(18,8-10)9-17-21(19,20)11-4-5-12(15)13(16)7-11/h4-5,7,10,17-18H,2-3,6,8-9H2,1H3. The van der Waals surface area contributed by atoms with Crippen LogP contribution in [-0.2, 0) is 10.0 Å². The molecule has 1 aromatic carbocycles. The molecule has 0 aliphatic heterocycles. The molecule has 21 heavy (non-hydrogen) atoms. The van der Waals surface area contributed by atoms with Crippen LogP contribution in [0.15, 0.2) is 23.1 Å². The van der Waals surface area contributed by atoms with Gasteiger partial charge in [-0.15, -0.1) is 0 Å². The summed E-state index contributed by atoms with van der Waals surface area (Å²) < 4.78 is 26.9. The fraction of sp³-hybridized carbons (Fsp3) is 0.571. The lowest BCUT2D eigenvalue weighted by Crippen LogP contribution is -2.45. The van der Waals surface area contributed by atoms with Crippen molar-refractivity contribution in [3.63, 3.8) is 0 Å². The van der Waals surface area contributed by atoms with Gasteiger partial charge in [-0.25, -0.2) is 13.1 Å². The molecule has 2 unspecified atom stereocenters. The third-order valence-corrected chi connectivity index (χ3v) is 6.00. The van der Waals surface area contributed by atoms with Crippen LogP contribution in [0.5, 0.6) is 0 Å². The van der Waals surface area contributed by atoms with Gasteiger partial charge in [-0.2, -0.15) is 0 Å². The van der Waals surface area contributed by atoms with Gasteiger partial charge in [0.2, 0.25) is 10.0 Å². The lowest BCUT2D eigenvalue weighted by molar-refractivity contribution is -0.00751. The zero-order valence-electron chi connectivity index (χ0n) is 11.8. The van der Waals surface area contributed by atoms with E-state index in [1.807, 2.05) is 0 Å². The molecular formula is C14H19Cl2NO3S. The van der Waals surface area contributed by atoms with Crippen LogP contribution in [0.25, 0.3) is 0 Å². The smallest absolute Gasteiger partial charge is 0.240 e.